The van der Waals surface area contributed by atoms with Crippen molar-refractivity contribution in [1.82, 2.24) is 0 Å². The second kappa shape index (κ2) is 35.1. The molecule has 0 fully saturated rings. The Hall–Kier alpha value is -1.73. The lowest BCUT2D eigenvalue weighted by Crippen LogP contribution is -2.29. The van der Waals surface area contributed by atoms with Gasteiger partial charge in [0.2, 0.25) is 0 Å². The van der Waals surface area contributed by atoms with E-state index in [9.17, 15) is 14.2 Å². The molecule has 0 aromatic heterocycles. The number of carbonyl (C=O) groups is 2. The topological polar surface area (TPSA) is 119 Å². The van der Waals surface area contributed by atoms with Crippen molar-refractivity contribution >= 4 is 19.8 Å². The van der Waals surface area contributed by atoms with Crippen LogP contribution in [0.1, 0.15) is 181 Å². The Labute approximate surface area is 293 Å². The molecular formula is C39H71O8P. The SMILES string of the molecule is CCCCCC/C=C\C/C=C\CCCCCCCC(=O)OC(COC(=O)CCCCCCC/C=C\CCCCCCC)COP(=O)(O)O. The average molecular weight is 699 g/mol. The maximum atomic E-state index is 12.4. The Balaban J connectivity index is 4.00. The molecule has 0 aromatic carbocycles. The van der Waals surface area contributed by atoms with Gasteiger partial charge in [-0.1, -0.05) is 134 Å². The van der Waals surface area contributed by atoms with Crippen LogP contribution in [0.15, 0.2) is 36.5 Å². The number of rotatable bonds is 35. The summed E-state index contributed by atoms with van der Waals surface area (Å²) in [4.78, 5) is 42.7. The fourth-order valence-corrected chi connectivity index (χ4v) is 5.58. The van der Waals surface area contributed by atoms with Gasteiger partial charge in [-0.25, -0.2) is 4.57 Å². The van der Waals surface area contributed by atoms with Crippen LogP contribution in [0.5, 0.6) is 0 Å². The molecule has 0 heterocycles. The summed E-state index contributed by atoms with van der Waals surface area (Å²) >= 11 is 0. The third-order valence-corrected chi connectivity index (χ3v) is 8.62. The highest BCUT2D eigenvalue weighted by Crippen LogP contribution is 2.36. The van der Waals surface area contributed by atoms with E-state index in [0.29, 0.717) is 12.8 Å². The summed E-state index contributed by atoms with van der Waals surface area (Å²) in [5.41, 5.74) is 0. The van der Waals surface area contributed by atoms with E-state index in [-0.39, 0.29) is 19.4 Å². The highest BCUT2D eigenvalue weighted by atomic mass is 31.2. The molecular weight excluding hydrogens is 627 g/mol. The van der Waals surface area contributed by atoms with Gasteiger partial charge in [-0.3, -0.25) is 14.1 Å². The van der Waals surface area contributed by atoms with Crippen molar-refractivity contribution in [3.63, 3.8) is 0 Å². The van der Waals surface area contributed by atoms with Gasteiger partial charge in [0.05, 0.1) is 6.61 Å². The van der Waals surface area contributed by atoms with Crippen LogP contribution in [0.3, 0.4) is 0 Å². The molecule has 0 saturated carbocycles. The second-order valence-electron chi connectivity index (χ2n) is 12.9. The summed E-state index contributed by atoms with van der Waals surface area (Å²) in [6.45, 7) is 3.63. The molecule has 0 saturated heterocycles. The predicted octanol–water partition coefficient (Wildman–Crippen LogP) is 11.4. The van der Waals surface area contributed by atoms with E-state index in [2.05, 4.69) is 54.8 Å². The van der Waals surface area contributed by atoms with Gasteiger partial charge >= 0.3 is 19.8 Å². The van der Waals surface area contributed by atoms with Crippen LogP contribution >= 0.6 is 7.82 Å². The summed E-state index contributed by atoms with van der Waals surface area (Å²) in [7, 11) is -4.75. The number of carbonyl (C=O) groups excluding carboxylic acids is 2. The van der Waals surface area contributed by atoms with Crippen molar-refractivity contribution in [2.75, 3.05) is 13.2 Å². The zero-order chi connectivity index (χ0) is 35.4. The van der Waals surface area contributed by atoms with Crippen molar-refractivity contribution in [2.45, 2.75) is 187 Å². The maximum Gasteiger partial charge on any atom is 0.469 e. The van der Waals surface area contributed by atoms with Gasteiger partial charge in [0.15, 0.2) is 6.10 Å². The normalized spacial score (nSPS) is 12.8. The largest absolute Gasteiger partial charge is 0.469 e. The Morgan fingerprint density at radius 2 is 0.938 bits per heavy atom. The molecule has 0 aliphatic heterocycles. The van der Waals surface area contributed by atoms with Crippen LogP contribution in [0.25, 0.3) is 0 Å². The number of esters is 2. The average Bonchev–Trinajstić information content (AvgIpc) is 3.05. The highest BCUT2D eigenvalue weighted by Gasteiger charge is 2.22. The van der Waals surface area contributed by atoms with Crippen molar-refractivity contribution < 1.29 is 37.9 Å². The standard InChI is InChI=1S/C39H71O8P/c1-3-5-7-9-11-13-15-17-19-20-22-24-26-28-30-32-34-39(41)47-37(36-46-48(42,43)44)35-45-38(40)33-31-29-27-25-23-21-18-16-14-12-10-8-6-4-2/h13,15-16,18-20,37H,3-12,14,17,21-36H2,1-2H3,(H2,42,43,44)/b15-13-,18-16-,20-19-. The maximum absolute atomic E-state index is 12.4. The molecule has 0 spiro atoms. The number of unbranched alkanes of at least 4 members (excludes halogenated alkanes) is 19. The van der Waals surface area contributed by atoms with Gasteiger partial charge in [0.1, 0.15) is 6.61 Å². The van der Waals surface area contributed by atoms with Crippen LogP contribution in [0.4, 0.5) is 0 Å². The van der Waals surface area contributed by atoms with Gasteiger partial charge in [-0.15, -0.1) is 0 Å². The monoisotopic (exact) mass is 698 g/mol. The third-order valence-electron chi connectivity index (χ3n) is 8.13. The summed E-state index contributed by atoms with van der Waals surface area (Å²) in [5.74, 6) is -0.910. The fraction of sp³-hybridized carbons (Fsp3) is 0.795. The highest BCUT2D eigenvalue weighted by molar-refractivity contribution is 7.46. The quantitative estimate of drug-likeness (QED) is 0.0290. The molecule has 0 aromatic rings. The molecule has 1 atom stereocenters. The number of phosphoric acid groups is 1. The smallest absolute Gasteiger partial charge is 0.462 e. The molecule has 0 radical (unpaired) electrons. The van der Waals surface area contributed by atoms with Crippen LogP contribution < -0.4 is 0 Å². The van der Waals surface area contributed by atoms with Gasteiger partial charge in [-0.05, 0) is 70.6 Å². The number of ether oxygens (including phenoxy) is 2. The number of hydrogen-bond donors (Lipinski definition) is 2. The van der Waals surface area contributed by atoms with E-state index >= 15 is 0 Å². The number of hydrogen-bond acceptors (Lipinski definition) is 6. The first-order chi connectivity index (χ1) is 23.3. The van der Waals surface area contributed by atoms with Gasteiger partial charge in [0.25, 0.3) is 0 Å². The zero-order valence-electron chi connectivity index (χ0n) is 30.6. The lowest BCUT2D eigenvalue weighted by atomic mass is 10.1. The molecule has 0 aliphatic carbocycles. The predicted molar refractivity (Wildman–Crippen MR) is 198 cm³/mol. The van der Waals surface area contributed by atoms with Crippen LogP contribution in [0.2, 0.25) is 0 Å². The Kier molecular flexibility index (Phi) is 33.8. The number of phosphoric ester groups is 1. The van der Waals surface area contributed by atoms with E-state index in [1.807, 2.05) is 0 Å². The van der Waals surface area contributed by atoms with Gasteiger partial charge in [-0.2, -0.15) is 0 Å². The van der Waals surface area contributed by atoms with Crippen LogP contribution in [-0.2, 0) is 28.2 Å². The second-order valence-corrected chi connectivity index (χ2v) is 14.1. The third kappa shape index (κ3) is 37.1. The molecule has 0 bridgehead atoms. The lowest BCUT2D eigenvalue weighted by Gasteiger charge is -2.18. The molecule has 0 aliphatic rings. The molecule has 1 unspecified atom stereocenters. The minimum atomic E-state index is -4.75. The minimum absolute atomic E-state index is 0.194. The first-order valence-electron chi connectivity index (χ1n) is 19.3. The lowest BCUT2D eigenvalue weighted by molar-refractivity contribution is -0.161. The van der Waals surface area contributed by atoms with Crippen molar-refractivity contribution in [3.05, 3.63) is 36.5 Å². The number of allylic oxidation sites excluding steroid dienone is 6. The summed E-state index contributed by atoms with van der Waals surface area (Å²) in [6, 6.07) is 0. The first kappa shape index (κ1) is 46.3. The van der Waals surface area contributed by atoms with Crippen molar-refractivity contribution in [2.24, 2.45) is 0 Å². The molecule has 0 amide bonds. The summed E-state index contributed by atoms with van der Waals surface area (Å²) < 4.78 is 26.3. The molecule has 280 valence electrons. The summed E-state index contributed by atoms with van der Waals surface area (Å²) in [6.07, 6.45) is 40.0. The molecule has 9 heteroatoms. The van der Waals surface area contributed by atoms with Crippen molar-refractivity contribution in [1.29, 1.82) is 0 Å². The van der Waals surface area contributed by atoms with E-state index in [4.69, 9.17) is 19.3 Å². The van der Waals surface area contributed by atoms with Crippen LogP contribution in [0, 0.1) is 0 Å². The van der Waals surface area contributed by atoms with E-state index in [1.165, 1.54) is 70.6 Å². The Morgan fingerprint density at radius 3 is 1.42 bits per heavy atom. The Bertz CT molecular complexity index is 879. The van der Waals surface area contributed by atoms with Crippen LogP contribution in [-0.4, -0.2) is 41.0 Å². The first-order valence-corrected chi connectivity index (χ1v) is 20.8. The molecule has 48 heavy (non-hydrogen) atoms. The summed E-state index contributed by atoms with van der Waals surface area (Å²) in [5, 5.41) is 0. The van der Waals surface area contributed by atoms with E-state index in [1.54, 1.807) is 0 Å². The fourth-order valence-electron chi connectivity index (χ4n) is 5.22. The van der Waals surface area contributed by atoms with Gasteiger partial charge in [0, 0.05) is 12.8 Å². The van der Waals surface area contributed by atoms with Crippen molar-refractivity contribution in [3.8, 4) is 0 Å². The Morgan fingerprint density at radius 1 is 0.542 bits per heavy atom. The van der Waals surface area contributed by atoms with Gasteiger partial charge < -0.3 is 19.3 Å². The molecule has 0 rings (SSSR count). The minimum Gasteiger partial charge on any atom is -0.462 e. The molecule has 2 N–H and O–H groups in total. The zero-order valence-corrected chi connectivity index (χ0v) is 31.5. The molecule has 8 nitrogen and oxygen atoms in total. The van der Waals surface area contributed by atoms with E-state index in [0.717, 1.165) is 70.6 Å². The van der Waals surface area contributed by atoms with E-state index < -0.39 is 32.5 Å².